The third-order valence-corrected chi connectivity index (χ3v) is 5.77. The highest BCUT2D eigenvalue weighted by Gasteiger charge is 2.35. The van der Waals surface area contributed by atoms with Crippen molar-refractivity contribution in [1.29, 1.82) is 0 Å². The van der Waals surface area contributed by atoms with Crippen molar-refractivity contribution in [1.82, 2.24) is 9.71 Å². The smallest absolute Gasteiger partial charge is 0.242 e. The molecule has 2 heterocycles. The van der Waals surface area contributed by atoms with Gasteiger partial charge in [0.15, 0.2) is 0 Å². The molecule has 5 nitrogen and oxygen atoms in total. The fraction of sp³-hybridized carbons (Fsp3) is 0.353. The third kappa shape index (κ3) is 3.60. The van der Waals surface area contributed by atoms with Crippen molar-refractivity contribution in [2.75, 3.05) is 19.8 Å². The summed E-state index contributed by atoms with van der Waals surface area (Å²) in [5, 5.41) is 0. The monoisotopic (exact) mass is 332 g/mol. The van der Waals surface area contributed by atoms with E-state index in [1.54, 1.807) is 18.3 Å². The van der Waals surface area contributed by atoms with Gasteiger partial charge in [0.25, 0.3) is 0 Å². The summed E-state index contributed by atoms with van der Waals surface area (Å²) in [4.78, 5) is 4.07. The summed E-state index contributed by atoms with van der Waals surface area (Å²) < 4.78 is 33.2. The number of nitrogens with zero attached hydrogens (tertiary/aromatic N) is 1. The fourth-order valence-corrected chi connectivity index (χ4v) is 4.03. The molecule has 122 valence electrons. The van der Waals surface area contributed by atoms with E-state index in [-0.39, 0.29) is 10.3 Å². The highest BCUT2D eigenvalue weighted by molar-refractivity contribution is 7.89. The number of hydrogen-bond acceptors (Lipinski definition) is 4. The molecule has 1 saturated heterocycles. The molecule has 1 fully saturated rings. The highest BCUT2D eigenvalue weighted by atomic mass is 32.2. The molecule has 2 aromatic rings. The molecule has 1 aliphatic rings. The van der Waals surface area contributed by atoms with Gasteiger partial charge < -0.3 is 4.74 Å². The van der Waals surface area contributed by atoms with Gasteiger partial charge in [0.1, 0.15) is 4.90 Å². The Labute approximate surface area is 136 Å². The van der Waals surface area contributed by atoms with Gasteiger partial charge in [-0.05, 0) is 30.5 Å². The zero-order chi connectivity index (χ0) is 16.2. The Morgan fingerprint density at radius 2 is 1.83 bits per heavy atom. The van der Waals surface area contributed by atoms with Gasteiger partial charge in [0.2, 0.25) is 10.0 Å². The summed E-state index contributed by atoms with van der Waals surface area (Å²) in [7, 11) is -3.56. The third-order valence-electron chi connectivity index (χ3n) is 4.38. The lowest BCUT2D eigenvalue weighted by Gasteiger charge is -2.37. The largest absolute Gasteiger partial charge is 0.381 e. The van der Waals surface area contributed by atoms with E-state index in [9.17, 15) is 8.42 Å². The van der Waals surface area contributed by atoms with E-state index in [1.807, 2.05) is 18.2 Å². The lowest BCUT2D eigenvalue weighted by Crippen LogP contribution is -2.44. The van der Waals surface area contributed by atoms with E-state index >= 15 is 0 Å². The van der Waals surface area contributed by atoms with Crippen LogP contribution in [0.3, 0.4) is 0 Å². The van der Waals surface area contributed by atoms with E-state index in [0.29, 0.717) is 19.8 Å². The number of hydrogen-bond donors (Lipinski definition) is 1. The van der Waals surface area contributed by atoms with Crippen LogP contribution < -0.4 is 4.72 Å². The zero-order valence-electron chi connectivity index (χ0n) is 12.8. The molecule has 0 bridgehead atoms. The number of pyridine rings is 1. The van der Waals surface area contributed by atoms with Crippen LogP contribution in [0.1, 0.15) is 18.4 Å². The summed E-state index contributed by atoms with van der Waals surface area (Å²) in [5.74, 6) is 0. The maximum Gasteiger partial charge on any atom is 0.242 e. The first-order valence-electron chi connectivity index (χ1n) is 7.65. The summed E-state index contributed by atoms with van der Waals surface area (Å²) in [6.07, 6.45) is 4.52. The fourth-order valence-electron chi connectivity index (χ4n) is 2.94. The Morgan fingerprint density at radius 3 is 2.48 bits per heavy atom. The second-order valence-electron chi connectivity index (χ2n) is 5.77. The molecule has 23 heavy (non-hydrogen) atoms. The topological polar surface area (TPSA) is 68.3 Å². The van der Waals surface area contributed by atoms with E-state index in [4.69, 9.17) is 4.74 Å². The van der Waals surface area contributed by atoms with Gasteiger partial charge >= 0.3 is 0 Å². The van der Waals surface area contributed by atoms with Crippen molar-refractivity contribution < 1.29 is 13.2 Å². The molecule has 0 spiro atoms. The Bertz CT molecular complexity index is 727. The Morgan fingerprint density at radius 1 is 1.09 bits per heavy atom. The zero-order valence-corrected chi connectivity index (χ0v) is 13.6. The van der Waals surface area contributed by atoms with Crippen LogP contribution in [0.4, 0.5) is 0 Å². The van der Waals surface area contributed by atoms with Crippen LogP contribution in [0.25, 0.3) is 0 Å². The second kappa shape index (κ2) is 6.78. The first-order chi connectivity index (χ1) is 11.1. The summed E-state index contributed by atoms with van der Waals surface area (Å²) >= 11 is 0. The van der Waals surface area contributed by atoms with Crippen molar-refractivity contribution in [3.8, 4) is 0 Å². The maximum absolute atomic E-state index is 12.5. The molecule has 1 aromatic carbocycles. The number of nitrogens with one attached hydrogen (secondary N) is 1. The normalized spacial score (nSPS) is 17.7. The van der Waals surface area contributed by atoms with Crippen LogP contribution in [0.15, 0.2) is 59.8 Å². The second-order valence-corrected chi connectivity index (χ2v) is 7.54. The van der Waals surface area contributed by atoms with Crippen LogP contribution >= 0.6 is 0 Å². The minimum absolute atomic E-state index is 0.190. The van der Waals surface area contributed by atoms with Crippen molar-refractivity contribution in [3.05, 3.63) is 60.4 Å². The number of benzene rings is 1. The minimum Gasteiger partial charge on any atom is -0.381 e. The SMILES string of the molecule is O=S(=O)(NCC1(c2ccccc2)CCOCC1)c1cccnc1. The van der Waals surface area contributed by atoms with Crippen LogP contribution in [-0.4, -0.2) is 33.2 Å². The van der Waals surface area contributed by atoms with Gasteiger partial charge in [0, 0.05) is 37.6 Å². The Balaban J connectivity index is 1.83. The van der Waals surface area contributed by atoms with E-state index in [0.717, 1.165) is 18.4 Å². The van der Waals surface area contributed by atoms with Gasteiger partial charge in [0.05, 0.1) is 0 Å². The number of rotatable bonds is 5. The van der Waals surface area contributed by atoms with Gasteiger partial charge in [-0.25, -0.2) is 13.1 Å². The quantitative estimate of drug-likeness (QED) is 0.910. The number of ether oxygens (including phenoxy) is 1. The predicted molar refractivity (Wildman–Crippen MR) is 87.6 cm³/mol. The van der Waals surface area contributed by atoms with E-state index < -0.39 is 10.0 Å². The van der Waals surface area contributed by atoms with Crippen molar-refractivity contribution in [2.24, 2.45) is 0 Å². The summed E-state index contributed by atoms with van der Waals surface area (Å²) in [5.41, 5.74) is 0.923. The lowest BCUT2D eigenvalue weighted by molar-refractivity contribution is 0.0517. The first-order valence-corrected chi connectivity index (χ1v) is 9.14. The van der Waals surface area contributed by atoms with Gasteiger partial charge in [-0.15, -0.1) is 0 Å². The summed E-state index contributed by atoms with van der Waals surface area (Å²) in [6, 6.07) is 13.2. The molecule has 0 saturated carbocycles. The molecule has 1 N–H and O–H groups in total. The molecule has 0 aliphatic carbocycles. The van der Waals surface area contributed by atoms with Crippen molar-refractivity contribution in [3.63, 3.8) is 0 Å². The van der Waals surface area contributed by atoms with E-state index in [2.05, 4.69) is 21.8 Å². The molecule has 6 heteroatoms. The minimum atomic E-state index is -3.56. The van der Waals surface area contributed by atoms with Crippen molar-refractivity contribution in [2.45, 2.75) is 23.2 Å². The number of aromatic nitrogens is 1. The van der Waals surface area contributed by atoms with Crippen LogP contribution in [-0.2, 0) is 20.2 Å². The molecular formula is C17H20N2O3S. The molecule has 1 aliphatic heterocycles. The lowest BCUT2D eigenvalue weighted by atomic mass is 9.74. The van der Waals surface area contributed by atoms with Crippen LogP contribution in [0.2, 0.25) is 0 Å². The van der Waals surface area contributed by atoms with Gasteiger partial charge in [-0.2, -0.15) is 0 Å². The summed E-state index contributed by atoms with van der Waals surface area (Å²) in [6.45, 7) is 1.64. The van der Waals surface area contributed by atoms with Crippen molar-refractivity contribution >= 4 is 10.0 Å². The van der Waals surface area contributed by atoms with Crippen LogP contribution in [0, 0.1) is 0 Å². The average Bonchev–Trinajstić information content (AvgIpc) is 2.62. The highest BCUT2D eigenvalue weighted by Crippen LogP contribution is 2.34. The first kappa shape index (κ1) is 16.1. The average molecular weight is 332 g/mol. The molecule has 3 rings (SSSR count). The molecule has 0 unspecified atom stereocenters. The molecular weight excluding hydrogens is 312 g/mol. The predicted octanol–water partition coefficient (Wildman–Crippen LogP) is 2.11. The maximum atomic E-state index is 12.5. The van der Waals surface area contributed by atoms with Gasteiger partial charge in [-0.3, -0.25) is 4.98 Å². The molecule has 0 atom stereocenters. The number of sulfonamides is 1. The standard InChI is InChI=1S/C17H20N2O3S/c20-23(21,16-7-4-10-18-13-16)19-14-17(8-11-22-12-9-17)15-5-2-1-3-6-15/h1-7,10,13,19H,8-9,11-12,14H2. The molecule has 0 amide bonds. The van der Waals surface area contributed by atoms with Crippen LogP contribution in [0.5, 0.6) is 0 Å². The molecule has 0 radical (unpaired) electrons. The van der Waals surface area contributed by atoms with Gasteiger partial charge in [-0.1, -0.05) is 30.3 Å². The van der Waals surface area contributed by atoms with E-state index in [1.165, 1.54) is 6.20 Å². The molecule has 1 aromatic heterocycles. The Hall–Kier alpha value is -1.76. The Kier molecular flexibility index (Phi) is 4.75.